The lowest BCUT2D eigenvalue weighted by molar-refractivity contribution is -0.121. The summed E-state index contributed by atoms with van der Waals surface area (Å²) in [5, 5.41) is 6.14. The Morgan fingerprint density at radius 2 is 2.26 bits per heavy atom. The molecule has 1 atom stereocenters. The Morgan fingerprint density at radius 3 is 3.11 bits per heavy atom. The fraction of sp³-hybridized carbons (Fsp3) is 0.462. The number of likely N-dealkylation sites (N-methyl/N-ethyl adjacent to an activating group) is 1. The van der Waals surface area contributed by atoms with Gasteiger partial charge in [-0.1, -0.05) is 0 Å². The summed E-state index contributed by atoms with van der Waals surface area (Å²) in [6.07, 6.45) is 0. The third-order valence-electron chi connectivity index (χ3n) is 3.45. The Morgan fingerprint density at radius 1 is 1.42 bits per heavy atom. The highest BCUT2D eigenvalue weighted by atomic mass is 16.7. The zero-order valence-corrected chi connectivity index (χ0v) is 10.8. The summed E-state index contributed by atoms with van der Waals surface area (Å²) in [7, 11) is 1.96. The molecule has 2 aliphatic rings. The number of rotatable bonds is 2. The van der Waals surface area contributed by atoms with Gasteiger partial charge in [-0.05, 0) is 19.2 Å². The molecule has 0 bridgehead atoms. The second kappa shape index (κ2) is 5.07. The van der Waals surface area contributed by atoms with Crippen LogP contribution in [0.4, 0.5) is 5.69 Å². The third-order valence-corrected chi connectivity index (χ3v) is 3.45. The molecule has 0 aliphatic carbocycles. The minimum atomic E-state index is -0.140. The molecule has 1 amide bonds. The maximum Gasteiger partial charge on any atom is 0.243 e. The molecule has 1 fully saturated rings. The summed E-state index contributed by atoms with van der Waals surface area (Å²) in [6.45, 7) is 2.71. The highest BCUT2D eigenvalue weighted by Gasteiger charge is 2.26. The SMILES string of the molecule is CN1CCNCC1C(=O)Nc1ccc2c(c1)OCO2. The van der Waals surface area contributed by atoms with Gasteiger partial charge in [0.1, 0.15) is 6.04 Å². The van der Waals surface area contributed by atoms with Crippen molar-refractivity contribution >= 4 is 11.6 Å². The minimum Gasteiger partial charge on any atom is -0.454 e. The third kappa shape index (κ3) is 2.50. The number of hydrogen-bond acceptors (Lipinski definition) is 5. The number of amides is 1. The van der Waals surface area contributed by atoms with E-state index in [2.05, 4.69) is 15.5 Å². The van der Waals surface area contributed by atoms with E-state index in [9.17, 15) is 4.79 Å². The molecule has 0 radical (unpaired) electrons. The van der Waals surface area contributed by atoms with Gasteiger partial charge in [0, 0.05) is 31.4 Å². The second-order valence-electron chi connectivity index (χ2n) is 4.76. The van der Waals surface area contributed by atoms with E-state index >= 15 is 0 Å². The molecule has 1 aromatic carbocycles. The highest BCUT2D eigenvalue weighted by Crippen LogP contribution is 2.34. The fourth-order valence-corrected chi connectivity index (χ4v) is 2.30. The lowest BCUT2D eigenvalue weighted by atomic mass is 10.2. The molecule has 1 aromatic rings. The van der Waals surface area contributed by atoms with Crippen molar-refractivity contribution in [3.63, 3.8) is 0 Å². The summed E-state index contributed by atoms with van der Waals surface area (Å²) in [6, 6.07) is 5.28. The molecular weight excluding hydrogens is 246 g/mol. The predicted octanol–water partition coefficient (Wildman–Crippen LogP) is 0.257. The summed E-state index contributed by atoms with van der Waals surface area (Å²) in [5.74, 6) is 1.39. The van der Waals surface area contributed by atoms with E-state index < -0.39 is 0 Å². The number of hydrogen-bond donors (Lipinski definition) is 2. The standard InChI is InChI=1S/C13H17N3O3/c1-16-5-4-14-7-10(16)13(17)15-9-2-3-11-12(6-9)19-8-18-11/h2-3,6,10,14H,4-5,7-8H2,1H3,(H,15,17). The average molecular weight is 263 g/mol. The molecule has 3 rings (SSSR count). The largest absolute Gasteiger partial charge is 0.454 e. The van der Waals surface area contributed by atoms with Gasteiger partial charge in [-0.3, -0.25) is 9.69 Å². The molecule has 0 saturated carbocycles. The molecule has 0 spiro atoms. The predicted molar refractivity (Wildman–Crippen MR) is 70.5 cm³/mol. The van der Waals surface area contributed by atoms with Gasteiger partial charge in [-0.25, -0.2) is 0 Å². The molecule has 2 aliphatic heterocycles. The maximum absolute atomic E-state index is 12.2. The van der Waals surface area contributed by atoms with Crippen molar-refractivity contribution in [3.05, 3.63) is 18.2 Å². The molecule has 6 heteroatoms. The molecule has 102 valence electrons. The van der Waals surface area contributed by atoms with Gasteiger partial charge in [0.15, 0.2) is 11.5 Å². The van der Waals surface area contributed by atoms with Gasteiger partial charge < -0.3 is 20.1 Å². The van der Waals surface area contributed by atoms with Crippen molar-refractivity contribution in [2.24, 2.45) is 0 Å². The van der Waals surface area contributed by atoms with Gasteiger partial charge >= 0.3 is 0 Å². The normalized spacial score (nSPS) is 22.3. The summed E-state index contributed by atoms with van der Waals surface area (Å²) < 4.78 is 10.5. The Labute approximate surface area is 111 Å². The first kappa shape index (κ1) is 12.3. The van der Waals surface area contributed by atoms with E-state index in [1.54, 1.807) is 12.1 Å². The Hall–Kier alpha value is -1.79. The van der Waals surface area contributed by atoms with Crippen molar-refractivity contribution in [2.75, 3.05) is 38.8 Å². The number of piperazine rings is 1. The van der Waals surface area contributed by atoms with Crippen molar-refractivity contribution in [2.45, 2.75) is 6.04 Å². The molecule has 19 heavy (non-hydrogen) atoms. The Bertz CT molecular complexity index is 492. The van der Waals surface area contributed by atoms with Gasteiger partial charge in [0.05, 0.1) is 0 Å². The van der Waals surface area contributed by atoms with E-state index in [1.807, 2.05) is 13.1 Å². The van der Waals surface area contributed by atoms with Crippen LogP contribution in [0.15, 0.2) is 18.2 Å². The Kier molecular flexibility index (Phi) is 3.27. The zero-order chi connectivity index (χ0) is 13.2. The molecule has 6 nitrogen and oxygen atoms in total. The van der Waals surface area contributed by atoms with E-state index in [-0.39, 0.29) is 18.7 Å². The van der Waals surface area contributed by atoms with Crippen molar-refractivity contribution in [1.29, 1.82) is 0 Å². The quantitative estimate of drug-likeness (QED) is 0.801. The van der Waals surface area contributed by atoms with Crippen LogP contribution in [-0.2, 0) is 4.79 Å². The monoisotopic (exact) mass is 263 g/mol. The number of fused-ring (bicyclic) bond motifs is 1. The first-order valence-corrected chi connectivity index (χ1v) is 6.35. The zero-order valence-electron chi connectivity index (χ0n) is 10.8. The number of ether oxygens (including phenoxy) is 2. The van der Waals surface area contributed by atoms with E-state index in [1.165, 1.54) is 0 Å². The number of nitrogens with zero attached hydrogens (tertiary/aromatic N) is 1. The number of carbonyl (C=O) groups is 1. The van der Waals surface area contributed by atoms with Crippen LogP contribution in [0.2, 0.25) is 0 Å². The summed E-state index contributed by atoms with van der Waals surface area (Å²) >= 11 is 0. The van der Waals surface area contributed by atoms with Crippen LogP contribution < -0.4 is 20.1 Å². The van der Waals surface area contributed by atoms with Gasteiger partial charge in [0.25, 0.3) is 0 Å². The lowest BCUT2D eigenvalue weighted by Crippen LogP contribution is -2.54. The lowest BCUT2D eigenvalue weighted by Gasteiger charge is -2.31. The molecule has 2 N–H and O–H groups in total. The van der Waals surface area contributed by atoms with Gasteiger partial charge in [-0.2, -0.15) is 0 Å². The van der Waals surface area contributed by atoms with E-state index in [0.717, 1.165) is 24.5 Å². The van der Waals surface area contributed by atoms with E-state index in [4.69, 9.17) is 9.47 Å². The summed E-state index contributed by atoms with van der Waals surface area (Å²) in [4.78, 5) is 14.3. The fourth-order valence-electron chi connectivity index (χ4n) is 2.30. The molecule has 0 aromatic heterocycles. The van der Waals surface area contributed by atoms with Crippen LogP contribution in [0.1, 0.15) is 0 Å². The van der Waals surface area contributed by atoms with Gasteiger partial charge in [-0.15, -0.1) is 0 Å². The number of benzene rings is 1. The summed E-state index contributed by atoms with van der Waals surface area (Å²) in [5.41, 5.74) is 0.730. The molecule has 2 heterocycles. The first-order valence-electron chi connectivity index (χ1n) is 6.35. The van der Waals surface area contributed by atoms with E-state index in [0.29, 0.717) is 12.3 Å². The topological polar surface area (TPSA) is 62.8 Å². The van der Waals surface area contributed by atoms with Gasteiger partial charge in [0.2, 0.25) is 12.7 Å². The smallest absolute Gasteiger partial charge is 0.243 e. The number of anilines is 1. The molecule has 1 saturated heterocycles. The van der Waals surface area contributed by atoms with Crippen LogP contribution in [0.5, 0.6) is 11.5 Å². The average Bonchev–Trinajstić information content (AvgIpc) is 2.86. The van der Waals surface area contributed by atoms with Crippen molar-refractivity contribution in [1.82, 2.24) is 10.2 Å². The minimum absolute atomic E-state index is 0.00596. The van der Waals surface area contributed by atoms with Crippen molar-refractivity contribution < 1.29 is 14.3 Å². The molecular formula is C13H17N3O3. The number of carbonyl (C=O) groups excluding carboxylic acids is 1. The van der Waals surface area contributed by atoms with Crippen molar-refractivity contribution in [3.8, 4) is 11.5 Å². The van der Waals surface area contributed by atoms with Crippen LogP contribution in [0.25, 0.3) is 0 Å². The highest BCUT2D eigenvalue weighted by molar-refractivity contribution is 5.95. The Balaban J connectivity index is 1.69. The number of nitrogens with one attached hydrogen (secondary N) is 2. The second-order valence-corrected chi connectivity index (χ2v) is 4.76. The molecule has 1 unspecified atom stereocenters. The van der Waals surface area contributed by atoms with Crippen LogP contribution >= 0.6 is 0 Å². The van der Waals surface area contributed by atoms with Crippen LogP contribution in [0.3, 0.4) is 0 Å². The van der Waals surface area contributed by atoms with Crippen LogP contribution in [-0.4, -0.2) is 50.3 Å². The first-order chi connectivity index (χ1) is 9.24. The maximum atomic E-state index is 12.2. The van der Waals surface area contributed by atoms with Crippen LogP contribution in [0, 0.1) is 0 Å².